The minimum Gasteiger partial charge on any atom is -0.330 e. The van der Waals surface area contributed by atoms with Crippen molar-refractivity contribution in [2.75, 3.05) is 13.1 Å². The lowest BCUT2D eigenvalue weighted by Crippen LogP contribution is -2.42. The summed E-state index contributed by atoms with van der Waals surface area (Å²) in [6, 6.07) is 21.1. The number of hydrogen-bond donors (Lipinski definition) is 1. The van der Waals surface area contributed by atoms with E-state index in [1.165, 1.54) is 4.52 Å². The number of aryl methyl sites for hydroxylation is 2. The van der Waals surface area contributed by atoms with E-state index in [4.69, 9.17) is 5.73 Å². The molecule has 0 saturated carbocycles. The second-order valence-corrected chi connectivity index (χ2v) is 9.74. The molecule has 0 bridgehead atoms. The monoisotopic (exact) mass is 485 g/mol. The lowest BCUT2D eigenvalue weighted by atomic mass is 9.96. The highest BCUT2D eigenvalue weighted by Gasteiger charge is 2.31. The van der Waals surface area contributed by atoms with E-state index in [1.54, 1.807) is 4.57 Å². The van der Waals surface area contributed by atoms with Gasteiger partial charge in [0.25, 0.3) is 5.91 Å². The Morgan fingerprint density at radius 1 is 1.03 bits per heavy atom. The third-order valence-corrected chi connectivity index (χ3v) is 6.49. The van der Waals surface area contributed by atoms with Crippen LogP contribution in [0.25, 0.3) is 5.52 Å². The minimum absolute atomic E-state index is 0.0464. The van der Waals surface area contributed by atoms with Crippen molar-refractivity contribution < 1.29 is 4.79 Å². The predicted octanol–water partition coefficient (Wildman–Crippen LogP) is 4.35. The molecule has 2 heterocycles. The summed E-state index contributed by atoms with van der Waals surface area (Å²) < 4.78 is 3.21. The van der Waals surface area contributed by atoms with Crippen molar-refractivity contribution in [2.45, 2.75) is 46.7 Å². The molecule has 0 fully saturated rings. The highest BCUT2D eigenvalue weighted by molar-refractivity contribution is 5.94. The molecule has 0 spiro atoms. The zero-order valence-electron chi connectivity index (χ0n) is 21.5. The fourth-order valence-electron chi connectivity index (χ4n) is 4.75. The molecule has 0 aliphatic rings. The molecule has 4 aromatic rings. The Kier molecular flexibility index (Phi) is 7.70. The summed E-state index contributed by atoms with van der Waals surface area (Å²) in [6.45, 7) is 9.41. The van der Waals surface area contributed by atoms with Crippen LogP contribution >= 0.6 is 0 Å². The van der Waals surface area contributed by atoms with E-state index in [0.717, 1.165) is 28.0 Å². The summed E-state index contributed by atoms with van der Waals surface area (Å²) in [5, 5.41) is 4.43. The lowest BCUT2D eigenvalue weighted by Gasteiger charge is -2.36. The molecule has 7 heteroatoms. The maximum Gasteiger partial charge on any atom is 0.349 e. The molecule has 0 radical (unpaired) electrons. The van der Waals surface area contributed by atoms with Gasteiger partial charge >= 0.3 is 5.69 Å². The largest absolute Gasteiger partial charge is 0.349 e. The Bertz CT molecular complexity index is 1390. The lowest BCUT2D eigenvalue weighted by molar-refractivity contribution is 0.0609. The Morgan fingerprint density at radius 3 is 2.36 bits per heavy atom. The van der Waals surface area contributed by atoms with Gasteiger partial charge in [0.05, 0.1) is 23.8 Å². The first-order valence-electron chi connectivity index (χ1n) is 12.5. The molecular formula is C29H35N5O2. The van der Waals surface area contributed by atoms with Crippen LogP contribution in [0.5, 0.6) is 0 Å². The van der Waals surface area contributed by atoms with E-state index >= 15 is 0 Å². The molecule has 36 heavy (non-hydrogen) atoms. The molecule has 2 aromatic heterocycles. The molecule has 0 aliphatic carbocycles. The minimum atomic E-state index is -0.332. The molecule has 2 N–H and O–H groups in total. The summed E-state index contributed by atoms with van der Waals surface area (Å²) in [5.74, 6) is -0.0181. The number of benzene rings is 2. The van der Waals surface area contributed by atoms with Crippen LogP contribution in [0.15, 0.2) is 71.5 Å². The highest BCUT2D eigenvalue weighted by Crippen LogP contribution is 2.31. The maximum absolute atomic E-state index is 13.9. The molecule has 0 saturated heterocycles. The number of hydrogen-bond acceptors (Lipinski definition) is 4. The van der Waals surface area contributed by atoms with Crippen LogP contribution < -0.4 is 11.4 Å². The zero-order valence-corrected chi connectivity index (χ0v) is 21.5. The molecule has 1 amide bonds. The average Bonchev–Trinajstić information content (AvgIpc) is 3.24. The molecule has 2 aromatic carbocycles. The van der Waals surface area contributed by atoms with Crippen LogP contribution in [0, 0.1) is 19.8 Å². The van der Waals surface area contributed by atoms with E-state index in [1.807, 2.05) is 85.5 Å². The first-order chi connectivity index (χ1) is 17.3. The number of rotatable bonds is 9. The molecule has 4 rings (SSSR count). The van der Waals surface area contributed by atoms with Gasteiger partial charge < -0.3 is 10.6 Å². The Hall–Kier alpha value is -3.71. The van der Waals surface area contributed by atoms with Gasteiger partial charge in [0.2, 0.25) is 0 Å². The van der Waals surface area contributed by atoms with Gasteiger partial charge in [0.1, 0.15) is 0 Å². The number of aromatic nitrogens is 3. The van der Waals surface area contributed by atoms with Gasteiger partial charge in [-0.05, 0) is 62.6 Å². The van der Waals surface area contributed by atoms with Crippen molar-refractivity contribution in [2.24, 2.45) is 11.7 Å². The molecule has 7 nitrogen and oxygen atoms in total. The summed E-state index contributed by atoms with van der Waals surface area (Å²) in [5.41, 5.74) is 10.7. The molecular weight excluding hydrogens is 450 g/mol. The molecule has 0 aliphatic heterocycles. The molecule has 1 unspecified atom stereocenters. The Balaban J connectivity index is 1.90. The number of fused-ring (bicyclic) bond motifs is 1. The van der Waals surface area contributed by atoms with Crippen molar-refractivity contribution in [3.8, 4) is 0 Å². The second kappa shape index (κ2) is 10.9. The Morgan fingerprint density at radius 2 is 1.72 bits per heavy atom. The number of nitrogens with zero attached hydrogens (tertiary/aromatic N) is 4. The van der Waals surface area contributed by atoms with Crippen LogP contribution in [0.4, 0.5) is 0 Å². The number of carbonyl (C=O) groups excluding carboxylic acids is 1. The predicted molar refractivity (Wildman–Crippen MR) is 143 cm³/mol. The molecule has 1 atom stereocenters. The van der Waals surface area contributed by atoms with Gasteiger partial charge in [-0.2, -0.15) is 9.61 Å². The topological polar surface area (TPSA) is 85.6 Å². The van der Waals surface area contributed by atoms with Gasteiger partial charge in [-0.1, -0.05) is 61.9 Å². The second-order valence-electron chi connectivity index (χ2n) is 9.74. The number of amides is 1. The van der Waals surface area contributed by atoms with Crippen molar-refractivity contribution >= 4 is 11.4 Å². The Labute approximate surface area is 212 Å². The smallest absolute Gasteiger partial charge is 0.330 e. The van der Waals surface area contributed by atoms with Crippen LogP contribution in [0.3, 0.4) is 0 Å². The first kappa shape index (κ1) is 25.4. The van der Waals surface area contributed by atoms with Gasteiger partial charge in [0, 0.05) is 17.8 Å². The fourth-order valence-corrected chi connectivity index (χ4v) is 4.75. The summed E-state index contributed by atoms with van der Waals surface area (Å²) >= 11 is 0. The van der Waals surface area contributed by atoms with Crippen molar-refractivity contribution in [1.29, 1.82) is 0 Å². The summed E-state index contributed by atoms with van der Waals surface area (Å²) in [7, 11) is 0. The summed E-state index contributed by atoms with van der Waals surface area (Å²) in [4.78, 5) is 29.5. The van der Waals surface area contributed by atoms with E-state index in [2.05, 4.69) is 18.9 Å². The van der Waals surface area contributed by atoms with Gasteiger partial charge in [0.15, 0.2) is 0 Å². The van der Waals surface area contributed by atoms with Crippen molar-refractivity contribution in [1.82, 2.24) is 19.1 Å². The van der Waals surface area contributed by atoms with Crippen LogP contribution in [0.1, 0.15) is 59.2 Å². The van der Waals surface area contributed by atoms with Crippen molar-refractivity contribution in [3.05, 3.63) is 105 Å². The van der Waals surface area contributed by atoms with Crippen LogP contribution in [0.2, 0.25) is 0 Å². The van der Waals surface area contributed by atoms with E-state index in [0.29, 0.717) is 31.6 Å². The van der Waals surface area contributed by atoms with Crippen LogP contribution in [-0.2, 0) is 6.54 Å². The number of carbonyl (C=O) groups is 1. The van der Waals surface area contributed by atoms with Gasteiger partial charge in [-0.3, -0.25) is 9.36 Å². The number of nitrogens with two attached hydrogens (primary N) is 1. The average molecular weight is 486 g/mol. The maximum atomic E-state index is 13.9. The third-order valence-electron chi connectivity index (χ3n) is 6.49. The quantitative estimate of drug-likeness (QED) is 0.382. The van der Waals surface area contributed by atoms with Gasteiger partial charge in [-0.25, -0.2) is 4.79 Å². The van der Waals surface area contributed by atoms with E-state index < -0.39 is 0 Å². The third kappa shape index (κ3) is 5.26. The van der Waals surface area contributed by atoms with E-state index in [9.17, 15) is 9.59 Å². The first-order valence-corrected chi connectivity index (χ1v) is 12.5. The summed E-state index contributed by atoms with van der Waals surface area (Å²) in [6.07, 6.45) is 0.664. The van der Waals surface area contributed by atoms with Crippen LogP contribution in [-0.4, -0.2) is 38.1 Å². The van der Waals surface area contributed by atoms with Crippen molar-refractivity contribution in [3.63, 3.8) is 0 Å². The normalized spacial score (nSPS) is 12.3. The van der Waals surface area contributed by atoms with E-state index in [-0.39, 0.29) is 23.6 Å². The zero-order chi connectivity index (χ0) is 25.8. The molecule has 188 valence electrons. The SMILES string of the molecule is Cc1ccc(C(=O)N(CCCN)C(c2cc3cc(C)nn3c(=O)n2Cc2ccccc2)C(C)C)cc1. The highest BCUT2D eigenvalue weighted by atomic mass is 16.2. The fraction of sp³-hybridized carbons (Fsp3) is 0.345. The standard InChI is InChI=1S/C29H35N5O2/c1-20(2)27(32(16-8-15-30)28(35)24-13-11-21(3)12-14-24)26-18-25-17-22(4)31-34(25)29(36)33(26)19-23-9-6-5-7-10-23/h5-7,9-14,17-18,20,27H,8,15-16,19,30H2,1-4H3. The van der Waals surface area contributed by atoms with Gasteiger partial charge in [-0.15, -0.1) is 0 Å².